The Morgan fingerprint density at radius 3 is 1.47 bits per heavy atom. The number of benzene rings is 3. The highest BCUT2D eigenvalue weighted by Gasteiger charge is 2.33. The maximum absolute atomic E-state index is 10.4. The standard InChI is InChI=1S/C20H29NO.2C17H25NO2.C2H6/c1-14-12-20(3,4)19(15(14)2)9-8-16-6-5-7-17(10-16)11-18(22)13-21;2*18-12-8-16(19)15-6-4-5-14(13-15)7-11-17(20)9-2-1-3-10-17;1-2/h5-10,14,18,22H,11-13,21H2,1-4H3;2*4-7,11,13,16,19-20H,1-3,8-10,12,18H2;1-2H3/b9-8+;2*11-7+;. The Balaban J connectivity index is 0.000000251. The van der Waals surface area contributed by atoms with E-state index in [1.807, 2.05) is 98.8 Å². The largest absolute Gasteiger partial charge is 0.391 e. The molecule has 6 rings (SSSR count). The van der Waals surface area contributed by atoms with Gasteiger partial charge in [-0.05, 0) is 134 Å². The van der Waals surface area contributed by atoms with Crippen molar-refractivity contribution in [1.29, 1.82) is 0 Å². The van der Waals surface area contributed by atoms with Gasteiger partial charge >= 0.3 is 0 Å². The van der Waals surface area contributed by atoms with E-state index >= 15 is 0 Å². The molecule has 3 aromatic carbocycles. The van der Waals surface area contributed by atoms with E-state index in [0.29, 0.717) is 44.8 Å². The summed E-state index contributed by atoms with van der Waals surface area (Å²) in [6.45, 7) is 14.5. The maximum atomic E-state index is 10.4. The van der Waals surface area contributed by atoms with Gasteiger partial charge in [0, 0.05) is 6.54 Å². The average Bonchev–Trinajstić information content (AvgIpc) is 3.50. The number of aliphatic hydroxyl groups is 5. The predicted octanol–water partition coefficient (Wildman–Crippen LogP) is 10.5. The number of aliphatic hydroxyl groups excluding tert-OH is 3. The molecule has 354 valence electrons. The first-order valence-electron chi connectivity index (χ1n) is 24.2. The van der Waals surface area contributed by atoms with Crippen LogP contribution >= 0.6 is 0 Å². The molecule has 0 aliphatic heterocycles. The fourth-order valence-corrected chi connectivity index (χ4v) is 9.10. The smallest absolute Gasteiger partial charge is 0.0830 e. The lowest BCUT2D eigenvalue weighted by atomic mass is 9.84. The monoisotopic (exact) mass is 880 g/mol. The van der Waals surface area contributed by atoms with Gasteiger partial charge in [-0.2, -0.15) is 0 Å². The lowest BCUT2D eigenvalue weighted by Crippen LogP contribution is -2.28. The molecule has 0 saturated heterocycles. The van der Waals surface area contributed by atoms with Crippen LogP contribution in [-0.4, -0.2) is 62.5 Å². The van der Waals surface area contributed by atoms with Gasteiger partial charge in [0.15, 0.2) is 0 Å². The van der Waals surface area contributed by atoms with Crippen LogP contribution in [0.4, 0.5) is 0 Å². The summed E-state index contributed by atoms with van der Waals surface area (Å²) in [6, 6.07) is 23.9. The maximum Gasteiger partial charge on any atom is 0.0830 e. The van der Waals surface area contributed by atoms with Crippen molar-refractivity contribution in [3.8, 4) is 0 Å². The highest BCUT2D eigenvalue weighted by Crippen LogP contribution is 2.46. The van der Waals surface area contributed by atoms with Crippen molar-refractivity contribution in [2.45, 2.75) is 161 Å². The molecule has 0 heterocycles. The molecular formula is C56H85N3O5. The Morgan fingerprint density at radius 2 is 1.06 bits per heavy atom. The molecule has 0 bridgehead atoms. The minimum Gasteiger partial charge on any atom is -0.391 e. The van der Waals surface area contributed by atoms with Gasteiger partial charge in [-0.25, -0.2) is 0 Å². The normalized spacial score (nSPS) is 20.4. The van der Waals surface area contributed by atoms with Crippen LogP contribution in [-0.2, 0) is 6.42 Å². The second kappa shape index (κ2) is 27.7. The van der Waals surface area contributed by atoms with Crippen molar-refractivity contribution in [2.24, 2.45) is 28.5 Å². The van der Waals surface area contributed by atoms with Crippen molar-refractivity contribution >= 4 is 18.2 Å². The Labute approximate surface area is 387 Å². The fourth-order valence-electron chi connectivity index (χ4n) is 9.10. The molecule has 0 aromatic heterocycles. The first kappa shape index (κ1) is 54.6. The van der Waals surface area contributed by atoms with E-state index in [-0.39, 0.29) is 5.41 Å². The van der Waals surface area contributed by atoms with E-state index in [4.69, 9.17) is 17.2 Å². The van der Waals surface area contributed by atoms with Gasteiger partial charge in [-0.15, -0.1) is 0 Å². The third-order valence-electron chi connectivity index (χ3n) is 12.9. The molecule has 3 aliphatic carbocycles. The number of hydrogen-bond acceptors (Lipinski definition) is 8. The van der Waals surface area contributed by atoms with Crippen LogP contribution in [0.2, 0.25) is 0 Å². The molecule has 0 amide bonds. The molecule has 2 saturated carbocycles. The highest BCUT2D eigenvalue weighted by atomic mass is 16.3. The van der Waals surface area contributed by atoms with Gasteiger partial charge in [-0.3, -0.25) is 0 Å². The topological polar surface area (TPSA) is 179 Å². The van der Waals surface area contributed by atoms with E-state index in [0.717, 1.165) is 79.2 Å². The summed E-state index contributed by atoms with van der Waals surface area (Å²) in [7, 11) is 0. The van der Waals surface area contributed by atoms with Gasteiger partial charge in [0.2, 0.25) is 0 Å². The van der Waals surface area contributed by atoms with Crippen LogP contribution < -0.4 is 17.2 Å². The molecule has 2 fully saturated rings. The van der Waals surface area contributed by atoms with E-state index in [1.165, 1.54) is 36.0 Å². The van der Waals surface area contributed by atoms with E-state index in [2.05, 4.69) is 52.0 Å². The Hall–Kier alpha value is -3.70. The third kappa shape index (κ3) is 18.3. The lowest BCUT2D eigenvalue weighted by molar-refractivity contribution is 0.0517. The quantitative estimate of drug-likeness (QED) is 0.0743. The average molecular weight is 880 g/mol. The van der Waals surface area contributed by atoms with Crippen molar-refractivity contribution < 1.29 is 25.5 Å². The van der Waals surface area contributed by atoms with Gasteiger partial charge in [0.1, 0.15) is 0 Å². The van der Waals surface area contributed by atoms with Crippen molar-refractivity contribution in [2.75, 3.05) is 19.6 Å². The zero-order valence-electron chi connectivity index (χ0n) is 40.2. The van der Waals surface area contributed by atoms with Crippen LogP contribution in [0.3, 0.4) is 0 Å². The van der Waals surface area contributed by atoms with E-state index < -0.39 is 29.5 Å². The number of nitrogens with two attached hydrogens (primary N) is 3. The molecule has 8 nitrogen and oxygen atoms in total. The second-order valence-corrected chi connectivity index (χ2v) is 18.8. The molecule has 0 spiro atoms. The van der Waals surface area contributed by atoms with Crippen LogP contribution in [0, 0.1) is 11.3 Å². The minimum absolute atomic E-state index is 0.257. The van der Waals surface area contributed by atoms with Crippen molar-refractivity contribution in [3.05, 3.63) is 136 Å². The summed E-state index contributed by atoms with van der Waals surface area (Å²) in [5.41, 5.74) is 24.5. The molecule has 11 N–H and O–H groups in total. The molecule has 3 aromatic rings. The zero-order chi connectivity index (χ0) is 47.2. The van der Waals surface area contributed by atoms with Crippen molar-refractivity contribution in [1.82, 2.24) is 0 Å². The van der Waals surface area contributed by atoms with Crippen LogP contribution in [0.15, 0.2) is 102 Å². The SMILES string of the molecule is CC.CC1=C(/C=C/c2cccc(CC(O)CN)c2)C(C)(C)CC1C.NCCC(O)c1cccc(/C=C/C2(O)CCCCC2)c1.NCCC(O)c1cccc(/C=C/C2(O)CCCCC2)c1. The number of rotatable bonds is 15. The summed E-state index contributed by atoms with van der Waals surface area (Å²) in [6.07, 6.45) is 23.9. The van der Waals surface area contributed by atoms with Gasteiger partial charge in [0.25, 0.3) is 0 Å². The van der Waals surface area contributed by atoms with Crippen LogP contribution in [0.25, 0.3) is 18.2 Å². The summed E-state index contributed by atoms with van der Waals surface area (Å²) < 4.78 is 0. The zero-order valence-corrected chi connectivity index (χ0v) is 40.2. The second-order valence-electron chi connectivity index (χ2n) is 18.8. The Kier molecular flexibility index (Phi) is 23.6. The summed E-state index contributed by atoms with van der Waals surface area (Å²) in [5, 5.41) is 50.5. The first-order chi connectivity index (χ1) is 30.6. The molecule has 3 aliphatic rings. The summed E-state index contributed by atoms with van der Waals surface area (Å²) in [4.78, 5) is 0. The molecule has 4 atom stereocenters. The summed E-state index contributed by atoms with van der Waals surface area (Å²) in [5.74, 6) is 0.667. The summed E-state index contributed by atoms with van der Waals surface area (Å²) >= 11 is 0. The molecule has 4 unspecified atom stereocenters. The fraction of sp³-hybridized carbons (Fsp3) is 0.536. The Bertz CT molecular complexity index is 1830. The lowest BCUT2D eigenvalue weighted by Gasteiger charge is -2.28. The first-order valence-corrected chi connectivity index (χ1v) is 24.2. The molecule has 8 heteroatoms. The van der Waals surface area contributed by atoms with E-state index in [9.17, 15) is 25.5 Å². The third-order valence-corrected chi connectivity index (χ3v) is 12.9. The minimum atomic E-state index is -0.649. The van der Waals surface area contributed by atoms with Crippen molar-refractivity contribution in [3.63, 3.8) is 0 Å². The van der Waals surface area contributed by atoms with Gasteiger partial charge in [0.05, 0.1) is 29.5 Å². The van der Waals surface area contributed by atoms with Crippen LogP contribution in [0.5, 0.6) is 0 Å². The number of hydrogen-bond donors (Lipinski definition) is 8. The predicted molar refractivity (Wildman–Crippen MR) is 270 cm³/mol. The van der Waals surface area contributed by atoms with Crippen LogP contribution in [0.1, 0.15) is 171 Å². The Morgan fingerprint density at radius 1 is 0.625 bits per heavy atom. The van der Waals surface area contributed by atoms with E-state index in [1.54, 1.807) is 0 Å². The molecular weight excluding hydrogens is 795 g/mol. The van der Waals surface area contributed by atoms with Gasteiger partial charge in [-0.1, -0.05) is 176 Å². The van der Waals surface area contributed by atoms with Gasteiger partial charge < -0.3 is 42.7 Å². The highest BCUT2D eigenvalue weighted by molar-refractivity contribution is 5.56. The molecule has 0 radical (unpaired) electrons. The molecule has 64 heavy (non-hydrogen) atoms. The number of allylic oxidation sites excluding steroid dienone is 3.